The van der Waals surface area contributed by atoms with Gasteiger partial charge in [0.2, 0.25) is 0 Å². The van der Waals surface area contributed by atoms with Crippen molar-refractivity contribution in [3.05, 3.63) is 59.4 Å². The molecule has 7 nitrogen and oxygen atoms in total. The smallest absolute Gasteiger partial charge is 0.265 e. The first-order chi connectivity index (χ1) is 14.7. The third-order valence-corrected chi connectivity index (χ3v) is 5.41. The molecule has 5 rings (SSSR count). The highest BCUT2D eigenvalue weighted by Gasteiger charge is 2.29. The summed E-state index contributed by atoms with van der Waals surface area (Å²) in [5, 5.41) is 20.7. The number of fused-ring (bicyclic) bond motifs is 2. The van der Waals surface area contributed by atoms with Crippen LogP contribution in [-0.4, -0.2) is 20.2 Å². The summed E-state index contributed by atoms with van der Waals surface area (Å²) in [4.78, 5) is 8.30. The maximum atomic E-state index is 13.7. The van der Waals surface area contributed by atoms with Crippen LogP contribution in [0, 0.1) is 11.3 Å². The molecule has 3 aromatic heterocycles. The second-order valence-corrected chi connectivity index (χ2v) is 7.15. The highest BCUT2D eigenvalue weighted by atomic mass is 19.3. The Morgan fingerprint density at radius 2 is 2.20 bits per heavy atom. The van der Waals surface area contributed by atoms with Crippen LogP contribution in [0.2, 0.25) is 0 Å². The van der Waals surface area contributed by atoms with Crippen molar-refractivity contribution < 1.29 is 13.2 Å². The molecule has 2 N–H and O–H groups in total. The monoisotopic (exact) mass is 406 g/mol. The zero-order chi connectivity index (χ0) is 20.7. The van der Waals surface area contributed by atoms with Crippen molar-refractivity contribution in [2.75, 3.05) is 5.32 Å². The highest BCUT2D eigenvalue weighted by Crippen LogP contribution is 2.38. The fourth-order valence-electron chi connectivity index (χ4n) is 4.07. The van der Waals surface area contributed by atoms with Crippen molar-refractivity contribution >= 4 is 16.6 Å². The van der Waals surface area contributed by atoms with Crippen LogP contribution in [0.1, 0.15) is 47.7 Å². The molecule has 1 aliphatic carbocycles. The van der Waals surface area contributed by atoms with Gasteiger partial charge in [0, 0.05) is 22.8 Å². The number of hydrogen-bond acceptors (Lipinski definition) is 6. The van der Waals surface area contributed by atoms with E-state index in [2.05, 4.69) is 25.5 Å². The molecule has 1 aliphatic rings. The summed E-state index contributed by atoms with van der Waals surface area (Å²) in [5.74, 6) is 0.550. The van der Waals surface area contributed by atoms with Crippen molar-refractivity contribution in [3.8, 4) is 17.5 Å². The number of aromatic nitrogens is 4. The number of halogens is 2. The van der Waals surface area contributed by atoms with Gasteiger partial charge in [-0.2, -0.15) is 10.4 Å². The zero-order valence-corrected chi connectivity index (χ0v) is 15.7. The first-order valence-corrected chi connectivity index (χ1v) is 9.49. The van der Waals surface area contributed by atoms with E-state index in [0.29, 0.717) is 29.1 Å². The normalized spacial score (nSPS) is 15.9. The summed E-state index contributed by atoms with van der Waals surface area (Å²) in [5.41, 5.74) is 3.12. The minimum atomic E-state index is -2.71. The lowest BCUT2D eigenvalue weighted by Crippen LogP contribution is -2.21. The molecular weight excluding hydrogens is 390 g/mol. The van der Waals surface area contributed by atoms with E-state index in [9.17, 15) is 14.0 Å². The van der Waals surface area contributed by atoms with Crippen LogP contribution in [0.15, 0.2) is 41.4 Å². The largest absolute Gasteiger partial charge is 0.442 e. The van der Waals surface area contributed by atoms with Crippen LogP contribution in [0.5, 0.6) is 0 Å². The maximum Gasteiger partial charge on any atom is 0.265 e. The summed E-state index contributed by atoms with van der Waals surface area (Å²) >= 11 is 0. The molecule has 1 aromatic carbocycles. The standard InChI is InChI=1S/C21H16F2N6O/c22-21(23)18-11(7-24)8-26-19-13(18)2-1-3-16(19)27-12-4-5-15-14(6-12)20(29-28-15)17-9-25-10-30-17/h4-6,8-10,16,21,27H,1-3H2,(H,28,29). The first-order valence-electron chi connectivity index (χ1n) is 9.49. The van der Waals surface area contributed by atoms with Crippen molar-refractivity contribution in [2.45, 2.75) is 31.7 Å². The van der Waals surface area contributed by atoms with Crippen LogP contribution in [0.4, 0.5) is 14.5 Å². The number of nitrogens with one attached hydrogen (secondary N) is 2. The Kier molecular flexibility index (Phi) is 4.39. The van der Waals surface area contributed by atoms with E-state index in [1.54, 1.807) is 6.20 Å². The molecule has 0 aliphatic heterocycles. The highest BCUT2D eigenvalue weighted by molar-refractivity contribution is 5.93. The van der Waals surface area contributed by atoms with Crippen LogP contribution in [0.3, 0.4) is 0 Å². The molecule has 4 aromatic rings. The lowest BCUT2D eigenvalue weighted by Gasteiger charge is -2.28. The molecular formula is C21H16F2N6O. The molecule has 0 saturated carbocycles. The summed E-state index contributed by atoms with van der Waals surface area (Å²) in [7, 11) is 0. The van der Waals surface area contributed by atoms with Crippen LogP contribution >= 0.6 is 0 Å². The van der Waals surface area contributed by atoms with Crippen molar-refractivity contribution in [2.24, 2.45) is 0 Å². The number of oxazole rings is 1. The minimum Gasteiger partial charge on any atom is -0.442 e. The molecule has 9 heteroatoms. The summed E-state index contributed by atoms with van der Waals surface area (Å²) < 4.78 is 32.7. The van der Waals surface area contributed by atoms with Crippen LogP contribution in [0.25, 0.3) is 22.4 Å². The van der Waals surface area contributed by atoms with Crippen LogP contribution in [-0.2, 0) is 6.42 Å². The SMILES string of the molecule is N#Cc1cnc2c(c1C(F)F)CCCC2Nc1ccc2[nH]nc(-c3cnco3)c2c1. The predicted octanol–water partition coefficient (Wildman–Crippen LogP) is 4.91. The molecule has 0 amide bonds. The second kappa shape index (κ2) is 7.22. The number of rotatable bonds is 4. The van der Waals surface area contributed by atoms with E-state index in [1.165, 1.54) is 12.6 Å². The van der Waals surface area contributed by atoms with Crippen LogP contribution < -0.4 is 5.32 Å². The number of anilines is 1. The number of aromatic amines is 1. The molecule has 0 fully saturated rings. The summed E-state index contributed by atoms with van der Waals surface area (Å²) in [6.07, 6.45) is 3.47. The number of hydrogen-bond donors (Lipinski definition) is 2. The van der Waals surface area contributed by atoms with E-state index < -0.39 is 6.43 Å². The first kappa shape index (κ1) is 18.2. The topological polar surface area (TPSA) is 103 Å². The predicted molar refractivity (Wildman–Crippen MR) is 105 cm³/mol. The second-order valence-electron chi connectivity index (χ2n) is 7.15. The molecule has 30 heavy (non-hydrogen) atoms. The van der Waals surface area contributed by atoms with Crippen molar-refractivity contribution in [1.82, 2.24) is 20.2 Å². The Labute approximate surface area is 169 Å². The van der Waals surface area contributed by atoms with E-state index in [4.69, 9.17) is 4.42 Å². The Bertz CT molecular complexity index is 1260. The molecule has 1 atom stereocenters. The van der Waals surface area contributed by atoms with Gasteiger partial charge in [0.25, 0.3) is 6.43 Å². The lowest BCUT2D eigenvalue weighted by molar-refractivity contribution is 0.149. The van der Waals surface area contributed by atoms with Gasteiger partial charge in [-0.25, -0.2) is 13.8 Å². The van der Waals surface area contributed by atoms with Gasteiger partial charge in [-0.05, 0) is 43.0 Å². The van der Waals surface area contributed by atoms with Gasteiger partial charge < -0.3 is 9.73 Å². The number of pyridine rings is 1. The Morgan fingerprint density at radius 1 is 1.30 bits per heavy atom. The quantitative estimate of drug-likeness (QED) is 0.499. The third-order valence-electron chi connectivity index (χ3n) is 5.41. The van der Waals surface area contributed by atoms with E-state index in [0.717, 1.165) is 29.4 Å². The minimum absolute atomic E-state index is 0.0547. The Balaban J connectivity index is 1.52. The van der Waals surface area contributed by atoms with Gasteiger partial charge in [0.05, 0.1) is 29.0 Å². The lowest BCUT2D eigenvalue weighted by atomic mass is 9.87. The number of alkyl halides is 2. The number of H-pyrrole nitrogens is 1. The fraction of sp³-hybridized carbons (Fsp3) is 0.238. The van der Waals surface area contributed by atoms with Crippen molar-refractivity contribution in [3.63, 3.8) is 0 Å². The molecule has 0 radical (unpaired) electrons. The summed E-state index contributed by atoms with van der Waals surface area (Å²) in [6, 6.07) is 7.34. The average molecular weight is 406 g/mol. The number of nitrogens with zero attached hydrogens (tertiary/aromatic N) is 4. The summed E-state index contributed by atoms with van der Waals surface area (Å²) in [6.45, 7) is 0. The van der Waals surface area contributed by atoms with E-state index in [1.807, 2.05) is 24.3 Å². The van der Waals surface area contributed by atoms with Gasteiger partial charge >= 0.3 is 0 Å². The molecule has 3 heterocycles. The van der Waals surface area contributed by atoms with Crippen molar-refractivity contribution in [1.29, 1.82) is 5.26 Å². The van der Waals surface area contributed by atoms with Gasteiger partial charge in [0.15, 0.2) is 12.2 Å². The Morgan fingerprint density at radius 3 is 2.97 bits per heavy atom. The molecule has 0 bridgehead atoms. The fourth-order valence-corrected chi connectivity index (χ4v) is 4.07. The third kappa shape index (κ3) is 2.97. The van der Waals surface area contributed by atoms with E-state index >= 15 is 0 Å². The van der Waals surface area contributed by atoms with Gasteiger partial charge in [-0.3, -0.25) is 10.1 Å². The number of nitriles is 1. The molecule has 1 unspecified atom stereocenters. The van der Waals surface area contributed by atoms with E-state index in [-0.39, 0.29) is 17.2 Å². The number of benzene rings is 1. The molecule has 150 valence electrons. The maximum absolute atomic E-state index is 13.7. The average Bonchev–Trinajstić information content (AvgIpc) is 3.42. The van der Waals surface area contributed by atoms with Gasteiger partial charge in [0.1, 0.15) is 11.8 Å². The molecule has 0 spiro atoms. The van der Waals surface area contributed by atoms with Gasteiger partial charge in [-0.1, -0.05) is 0 Å². The Hall–Kier alpha value is -3.80. The molecule has 0 saturated heterocycles. The van der Waals surface area contributed by atoms with Gasteiger partial charge in [-0.15, -0.1) is 0 Å². The zero-order valence-electron chi connectivity index (χ0n) is 15.7.